The van der Waals surface area contributed by atoms with Gasteiger partial charge in [-0.2, -0.15) is 0 Å². The van der Waals surface area contributed by atoms with Gasteiger partial charge in [0, 0.05) is 19.7 Å². The summed E-state index contributed by atoms with van der Waals surface area (Å²) < 4.78 is 18.2. The lowest BCUT2D eigenvalue weighted by Crippen LogP contribution is -2.36. The Kier molecular flexibility index (Phi) is 5.69. The number of thioether (sulfide) groups is 1. The quantitative estimate of drug-likeness (QED) is 0.796. The third kappa shape index (κ3) is 5.06. The van der Waals surface area contributed by atoms with Gasteiger partial charge in [-0.3, -0.25) is 9.59 Å². The summed E-state index contributed by atoms with van der Waals surface area (Å²) in [5.41, 5.74) is 0.590. The van der Waals surface area contributed by atoms with Gasteiger partial charge in [-0.1, -0.05) is 11.8 Å². The summed E-state index contributed by atoms with van der Waals surface area (Å²) >= 11 is 1.06. The number of carbonyl (C=O) groups excluding carboxylic acids is 2. The molecule has 2 rings (SSSR count). The van der Waals surface area contributed by atoms with E-state index in [-0.39, 0.29) is 41.0 Å². The first-order valence-electron chi connectivity index (χ1n) is 6.65. The average molecular weight is 338 g/mol. The molecule has 2 amide bonds. The predicted molar refractivity (Wildman–Crippen MR) is 82.1 cm³/mol. The number of halogens is 1. The number of hydrogen-bond donors (Lipinski definition) is 1. The topological polar surface area (TPSA) is 88.3 Å². The highest BCUT2D eigenvalue weighted by atomic mass is 32.2. The fourth-order valence-corrected chi connectivity index (χ4v) is 2.08. The molecule has 1 N–H and O–H groups in total. The van der Waals surface area contributed by atoms with Gasteiger partial charge >= 0.3 is 0 Å². The molecule has 9 heteroatoms. The Morgan fingerprint density at radius 3 is 2.61 bits per heavy atom. The van der Waals surface area contributed by atoms with E-state index in [2.05, 4.69) is 15.5 Å². The van der Waals surface area contributed by atoms with Crippen molar-refractivity contribution < 1.29 is 18.4 Å². The maximum atomic E-state index is 12.9. The van der Waals surface area contributed by atoms with E-state index in [1.165, 1.54) is 29.2 Å². The highest BCUT2D eigenvalue weighted by Crippen LogP contribution is 2.23. The summed E-state index contributed by atoms with van der Waals surface area (Å²) in [7, 11) is 3.22. The molecule has 23 heavy (non-hydrogen) atoms. The molecule has 0 bridgehead atoms. The molecule has 0 saturated heterocycles. The lowest BCUT2D eigenvalue weighted by atomic mass is 10.2. The normalized spacial score (nSPS) is 10.4. The van der Waals surface area contributed by atoms with Gasteiger partial charge < -0.3 is 14.6 Å². The number of nitrogens with zero attached hydrogens (tertiary/aromatic N) is 3. The number of likely N-dealkylation sites (N-methyl/N-ethyl adjacent to an activating group) is 1. The highest BCUT2D eigenvalue weighted by Gasteiger charge is 2.12. The molecule has 1 aromatic heterocycles. The minimum atomic E-state index is -0.355. The number of carbonyl (C=O) groups is 2. The van der Waals surface area contributed by atoms with E-state index in [9.17, 15) is 14.0 Å². The van der Waals surface area contributed by atoms with Crippen molar-refractivity contribution in [2.24, 2.45) is 0 Å². The van der Waals surface area contributed by atoms with Crippen LogP contribution in [0, 0.1) is 5.82 Å². The van der Waals surface area contributed by atoms with Crippen LogP contribution in [0.3, 0.4) is 0 Å². The average Bonchev–Trinajstić information content (AvgIpc) is 3.00. The Balaban J connectivity index is 1.84. The Bertz CT molecular complexity index is 688. The standard InChI is InChI=1S/C14H15FN4O3S/c1-19(2)12(21)7-16-11(20)8-23-14-18-17-13(22-14)9-3-5-10(15)6-4-9/h3-6H,7-8H2,1-2H3,(H,16,20). The van der Waals surface area contributed by atoms with E-state index in [0.29, 0.717) is 5.56 Å². The molecule has 7 nitrogen and oxygen atoms in total. The molecule has 0 spiro atoms. The number of rotatable bonds is 6. The van der Waals surface area contributed by atoms with Gasteiger partial charge in [0.2, 0.25) is 17.7 Å². The molecule has 2 aromatic rings. The van der Waals surface area contributed by atoms with Crippen LogP contribution >= 0.6 is 11.8 Å². The SMILES string of the molecule is CN(C)C(=O)CNC(=O)CSc1nnc(-c2ccc(F)cc2)o1. The van der Waals surface area contributed by atoms with Crippen molar-refractivity contribution >= 4 is 23.6 Å². The molecule has 1 heterocycles. The zero-order valence-corrected chi connectivity index (χ0v) is 13.4. The van der Waals surface area contributed by atoms with Crippen LogP contribution in [-0.2, 0) is 9.59 Å². The van der Waals surface area contributed by atoms with Crippen molar-refractivity contribution in [1.82, 2.24) is 20.4 Å². The third-order valence-electron chi connectivity index (χ3n) is 2.76. The Morgan fingerprint density at radius 1 is 1.26 bits per heavy atom. The van der Waals surface area contributed by atoms with Crippen LogP contribution in [0.5, 0.6) is 0 Å². The number of aromatic nitrogens is 2. The van der Waals surface area contributed by atoms with Gasteiger partial charge in [-0.05, 0) is 24.3 Å². The number of benzene rings is 1. The second-order valence-electron chi connectivity index (χ2n) is 4.73. The summed E-state index contributed by atoms with van der Waals surface area (Å²) in [6.07, 6.45) is 0. The Morgan fingerprint density at radius 2 is 1.96 bits per heavy atom. The fourth-order valence-electron chi connectivity index (χ4n) is 1.49. The largest absolute Gasteiger partial charge is 0.411 e. The van der Waals surface area contributed by atoms with Crippen LogP contribution in [0.25, 0.3) is 11.5 Å². The molecule has 0 aliphatic rings. The van der Waals surface area contributed by atoms with Crippen molar-refractivity contribution in [3.8, 4) is 11.5 Å². The molecule has 0 radical (unpaired) electrons. The molecule has 0 aliphatic carbocycles. The summed E-state index contributed by atoms with van der Waals surface area (Å²) in [5.74, 6) is -0.569. The summed E-state index contributed by atoms with van der Waals surface area (Å²) in [4.78, 5) is 24.4. The molecule has 0 unspecified atom stereocenters. The molecule has 0 atom stereocenters. The fraction of sp³-hybridized carbons (Fsp3) is 0.286. The number of amides is 2. The lowest BCUT2D eigenvalue weighted by Gasteiger charge is -2.10. The molecule has 0 saturated carbocycles. The van der Waals surface area contributed by atoms with E-state index in [1.54, 1.807) is 14.1 Å². The summed E-state index contributed by atoms with van der Waals surface area (Å²) in [5, 5.41) is 10.4. The minimum absolute atomic E-state index is 0.0474. The predicted octanol–water partition coefficient (Wildman–Crippen LogP) is 1.17. The zero-order valence-electron chi connectivity index (χ0n) is 12.6. The van der Waals surface area contributed by atoms with Crippen LogP contribution in [0.2, 0.25) is 0 Å². The zero-order chi connectivity index (χ0) is 16.8. The second kappa shape index (κ2) is 7.73. The van der Waals surface area contributed by atoms with Gasteiger partial charge in [0.25, 0.3) is 5.22 Å². The first-order valence-corrected chi connectivity index (χ1v) is 7.63. The summed E-state index contributed by atoms with van der Waals surface area (Å²) in [6, 6.07) is 5.64. The van der Waals surface area contributed by atoms with E-state index >= 15 is 0 Å². The maximum Gasteiger partial charge on any atom is 0.277 e. The van der Waals surface area contributed by atoms with Gasteiger partial charge in [0.05, 0.1) is 12.3 Å². The van der Waals surface area contributed by atoms with Gasteiger partial charge in [-0.25, -0.2) is 4.39 Å². The van der Waals surface area contributed by atoms with Gasteiger partial charge in [0.15, 0.2) is 0 Å². The van der Waals surface area contributed by atoms with Crippen LogP contribution in [-0.4, -0.2) is 53.3 Å². The van der Waals surface area contributed by atoms with E-state index < -0.39 is 0 Å². The smallest absolute Gasteiger partial charge is 0.277 e. The second-order valence-corrected chi connectivity index (χ2v) is 5.66. The van der Waals surface area contributed by atoms with Crippen molar-refractivity contribution in [3.63, 3.8) is 0 Å². The van der Waals surface area contributed by atoms with Crippen LogP contribution in [0.1, 0.15) is 0 Å². The van der Waals surface area contributed by atoms with Crippen LogP contribution in [0.4, 0.5) is 4.39 Å². The van der Waals surface area contributed by atoms with Crippen LogP contribution < -0.4 is 5.32 Å². The van der Waals surface area contributed by atoms with Crippen molar-refractivity contribution in [1.29, 1.82) is 0 Å². The Labute approximate surface area is 136 Å². The molecular weight excluding hydrogens is 323 g/mol. The van der Waals surface area contributed by atoms with Crippen LogP contribution in [0.15, 0.2) is 33.9 Å². The van der Waals surface area contributed by atoms with E-state index in [4.69, 9.17) is 4.42 Å². The van der Waals surface area contributed by atoms with Crippen molar-refractivity contribution in [2.75, 3.05) is 26.4 Å². The molecular formula is C14H15FN4O3S. The monoisotopic (exact) mass is 338 g/mol. The van der Waals surface area contributed by atoms with E-state index in [0.717, 1.165) is 11.8 Å². The van der Waals surface area contributed by atoms with Gasteiger partial charge in [-0.15, -0.1) is 10.2 Å². The van der Waals surface area contributed by atoms with Crippen molar-refractivity contribution in [2.45, 2.75) is 5.22 Å². The number of hydrogen-bond acceptors (Lipinski definition) is 6. The van der Waals surface area contributed by atoms with Crippen molar-refractivity contribution in [3.05, 3.63) is 30.1 Å². The highest BCUT2D eigenvalue weighted by molar-refractivity contribution is 7.99. The first-order chi connectivity index (χ1) is 11.0. The summed E-state index contributed by atoms with van der Waals surface area (Å²) in [6.45, 7) is -0.0585. The Hall–Kier alpha value is -2.42. The molecule has 122 valence electrons. The minimum Gasteiger partial charge on any atom is -0.411 e. The van der Waals surface area contributed by atoms with Gasteiger partial charge in [0.1, 0.15) is 5.82 Å². The number of nitrogens with one attached hydrogen (secondary N) is 1. The molecule has 1 aromatic carbocycles. The lowest BCUT2D eigenvalue weighted by molar-refractivity contribution is -0.130. The maximum absolute atomic E-state index is 12.9. The molecule has 0 aliphatic heterocycles. The molecule has 0 fully saturated rings. The van der Waals surface area contributed by atoms with E-state index in [1.807, 2.05) is 0 Å². The first kappa shape index (κ1) is 16.9. The third-order valence-corrected chi connectivity index (χ3v) is 3.58.